The lowest BCUT2D eigenvalue weighted by Crippen LogP contribution is -2.32. The van der Waals surface area contributed by atoms with Gasteiger partial charge in [0.25, 0.3) is 5.91 Å². The van der Waals surface area contributed by atoms with E-state index in [-0.39, 0.29) is 16.8 Å². The van der Waals surface area contributed by atoms with Gasteiger partial charge in [-0.05, 0) is 36.8 Å². The van der Waals surface area contributed by atoms with Gasteiger partial charge in [-0.3, -0.25) is 14.2 Å². The van der Waals surface area contributed by atoms with E-state index in [9.17, 15) is 9.59 Å². The summed E-state index contributed by atoms with van der Waals surface area (Å²) < 4.78 is 1.71. The number of benzene rings is 1. The summed E-state index contributed by atoms with van der Waals surface area (Å²) >= 11 is 1.06. The number of nitrogens with one attached hydrogen (secondary N) is 1. The average molecular weight is 359 g/mol. The lowest BCUT2D eigenvalue weighted by Gasteiger charge is -2.12. The van der Waals surface area contributed by atoms with Gasteiger partial charge in [0.2, 0.25) is 0 Å². The molecule has 0 spiro atoms. The van der Waals surface area contributed by atoms with Crippen LogP contribution in [0.5, 0.6) is 0 Å². The van der Waals surface area contributed by atoms with Crippen molar-refractivity contribution in [3.05, 3.63) is 55.6 Å². The molecule has 4 nitrogen and oxygen atoms in total. The zero-order valence-electron chi connectivity index (χ0n) is 15.2. The minimum absolute atomic E-state index is 0.0676. The largest absolute Gasteiger partial charge is 0.349 e. The molecule has 1 fully saturated rings. The normalized spacial score (nSPS) is 15.0. The van der Waals surface area contributed by atoms with E-state index in [1.807, 2.05) is 6.92 Å². The number of hydrogen-bond donors (Lipinski definition) is 1. The maximum Gasteiger partial charge on any atom is 0.308 e. The molecule has 0 atom stereocenters. The topological polar surface area (TPSA) is 51.1 Å². The molecule has 3 rings (SSSR count). The first-order valence-electron chi connectivity index (χ1n) is 9.05. The Bertz CT molecular complexity index is 796. The molecule has 0 bridgehead atoms. The van der Waals surface area contributed by atoms with Crippen LogP contribution in [0.2, 0.25) is 0 Å². The first kappa shape index (κ1) is 17.9. The minimum atomic E-state index is -0.0968. The molecule has 1 aliphatic carbocycles. The summed E-state index contributed by atoms with van der Waals surface area (Å²) in [7, 11) is 0. The van der Waals surface area contributed by atoms with Gasteiger partial charge in [-0.2, -0.15) is 0 Å². The van der Waals surface area contributed by atoms with Crippen LogP contribution in [-0.2, 0) is 6.54 Å². The summed E-state index contributed by atoms with van der Waals surface area (Å²) in [5.74, 6) is 0.394. The number of amides is 1. The fourth-order valence-corrected chi connectivity index (χ4v) is 4.28. The van der Waals surface area contributed by atoms with Crippen molar-refractivity contribution in [2.45, 2.75) is 65.0 Å². The molecule has 25 heavy (non-hydrogen) atoms. The second-order valence-electron chi connectivity index (χ2n) is 7.22. The predicted molar refractivity (Wildman–Crippen MR) is 103 cm³/mol. The Labute approximate surface area is 152 Å². The van der Waals surface area contributed by atoms with Crippen molar-refractivity contribution in [2.24, 2.45) is 0 Å². The molecule has 1 N–H and O–H groups in total. The van der Waals surface area contributed by atoms with Crippen LogP contribution in [-0.4, -0.2) is 16.5 Å². The van der Waals surface area contributed by atoms with Gasteiger partial charge in [-0.25, -0.2) is 0 Å². The molecular formula is C20H26N2O2S. The first-order valence-corrected chi connectivity index (χ1v) is 9.87. The van der Waals surface area contributed by atoms with Gasteiger partial charge in [0.15, 0.2) is 0 Å². The van der Waals surface area contributed by atoms with Crippen LogP contribution >= 0.6 is 11.3 Å². The van der Waals surface area contributed by atoms with E-state index >= 15 is 0 Å². The molecule has 0 saturated heterocycles. The Morgan fingerprint density at radius 1 is 1.24 bits per heavy atom. The highest BCUT2D eigenvalue weighted by molar-refractivity contribution is 7.11. The van der Waals surface area contributed by atoms with Crippen LogP contribution in [0.1, 0.15) is 71.9 Å². The van der Waals surface area contributed by atoms with E-state index in [0.29, 0.717) is 17.3 Å². The van der Waals surface area contributed by atoms with Crippen molar-refractivity contribution in [2.75, 3.05) is 0 Å². The van der Waals surface area contributed by atoms with Crippen LogP contribution in [0.4, 0.5) is 0 Å². The molecule has 1 aliphatic rings. The van der Waals surface area contributed by atoms with Gasteiger partial charge in [0, 0.05) is 11.7 Å². The van der Waals surface area contributed by atoms with Crippen molar-refractivity contribution >= 4 is 17.2 Å². The van der Waals surface area contributed by atoms with E-state index < -0.39 is 0 Å². The van der Waals surface area contributed by atoms with Gasteiger partial charge in [0.05, 0.1) is 6.54 Å². The summed E-state index contributed by atoms with van der Waals surface area (Å²) in [5.41, 5.74) is 3.13. The van der Waals surface area contributed by atoms with E-state index in [4.69, 9.17) is 0 Å². The zero-order chi connectivity index (χ0) is 18.0. The predicted octanol–water partition coefficient (Wildman–Crippen LogP) is 4.06. The molecule has 1 aromatic heterocycles. The standard InChI is InChI=1S/C20H26N2O2S/c1-13(2)16-10-8-15(9-11-16)12-22-14(3)18(25-20(22)24)19(23)21-17-6-4-5-7-17/h8-11,13,17H,4-7,12H2,1-3H3,(H,21,23). The molecular weight excluding hydrogens is 332 g/mol. The Hall–Kier alpha value is -1.88. The average Bonchev–Trinajstić information content (AvgIpc) is 3.18. The number of aromatic nitrogens is 1. The number of rotatable bonds is 5. The third kappa shape index (κ3) is 4.03. The zero-order valence-corrected chi connectivity index (χ0v) is 16.0. The van der Waals surface area contributed by atoms with E-state index in [0.717, 1.165) is 35.4 Å². The monoisotopic (exact) mass is 358 g/mol. The van der Waals surface area contributed by atoms with E-state index in [2.05, 4.69) is 43.4 Å². The molecule has 1 aromatic carbocycles. The Kier molecular flexibility index (Phi) is 5.42. The fourth-order valence-electron chi connectivity index (χ4n) is 3.38. The van der Waals surface area contributed by atoms with Gasteiger partial charge in [-0.15, -0.1) is 0 Å². The molecule has 5 heteroatoms. The summed E-state index contributed by atoms with van der Waals surface area (Å²) in [6.45, 7) is 6.70. The lowest BCUT2D eigenvalue weighted by atomic mass is 10.0. The fraction of sp³-hybridized carbons (Fsp3) is 0.500. The van der Waals surface area contributed by atoms with Crippen molar-refractivity contribution in [1.82, 2.24) is 9.88 Å². The Morgan fingerprint density at radius 2 is 1.88 bits per heavy atom. The van der Waals surface area contributed by atoms with Crippen molar-refractivity contribution in [3.8, 4) is 0 Å². The minimum Gasteiger partial charge on any atom is -0.349 e. The quantitative estimate of drug-likeness (QED) is 0.876. The summed E-state index contributed by atoms with van der Waals surface area (Å²) in [4.78, 5) is 25.4. The number of carbonyl (C=O) groups excluding carboxylic acids is 1. The highest BCUT2D eigenvalue weighted by Crippen LogP contribution is 2.20. The lowest BCUT2D eigenvalue weighted by molar-refractivity contribution is 0.0941. The Balaban J connectivity index is 1.77. The highest BCUT2D eigenvalue weighted by Gasteiger charge is 2.22. The Morgan fingerprint density at radius 3 is 2.48 bits per heavy atom. The van der Waals surface area contributed by atoms with Crippen LogP contribution in [0.3, 0.4) is 0 Å². The smallest absolute Gasteiger partial charge is 0.308 e. The molecule has 134 valence electrons. The first-order chi connectivity index (χ1) is 12.0. The summed E-state index contributed by atoms with van der Waals surface area (Å²) in [6, 6.07) is 8.62. The van der Waals surface area contributed by atoms with Crippen molar-refractivity contribution in [3.63, 3.8) is 0 Å². The van der Waals surface area contributed by atoms with Gasteiger partial charge in [0.1, 0.15) is 4.88 Å². The van der Waals surface area contributed by atoms with Gasteiger partial charge in [-0.1, -0.05) is 62.3 Å². The second-order valence-corrected chi connectivity index (χ2v) is 8.18. The second kappa shape index (κ2) is 7.56. The molecule has 0 radical (unpaired) electrons. The van der Waals surface area contributed by atoms with Crippen molar-refractivity contribution in [1.29, 1.82) is 0 Å². The number of carbonyl (C=O) groups is 1. The number of thiazole rings is 1. The van der Waals surface area contributed by atoms with Gasteiger partial charge >= 0.3 is 4.87 Å². The molecule has 1 saturated carbocycles. The number of hydrogen-bond acceptors (Lipinski definition) is 3. The third-order valence-corrected chi connectivity index (χ3v) is 6.11. The molecule has 2 aromatic rings. The third-order valence-electron chi connectivity index (χ3n) is 5.03. The molecule has 1 heterocycles. The summed E-state index contributed by atoms with van der Waals surface area (Å²) in [5, 5.41) is 3.08. The van der Waals surface area contributed by atoms with Gasteiger partial charge < -0.3 is 5.32 Å². The van der Waals surface area contributed by atoms with Crippen LogP contribution in [0.15, 0.2) is 29.1 Å². The SMILES string of the molecule is Cc1c(C(=O)NC2CCCC2)sc(=O)n1Cc1ccc(C(C)C)cc1. The maximum atomic E-state index is 12.5. The van der Waals surface area contributed by atoms with Crippen LogP contribution in [0, 0.1) is 6.92 Å². The molecule has 0 aliphatic heterocycles. The van der Waals surface area contributed by atoms with Crippen molar-refractivity contribution < 1.29 is 4.79 Å². The maximum absolute atomic E-state index is 12.5. The molecule has 1 amide bonds. The van der Waals surface area contributed by atoms with E-state index in [1.54, 1.807) is 4.57 Å². The molecule has 0 unspecified atom stereocenters. The van der Waals surface area contributed by atoms with Crippen LogP contribution in [0.25, 0.3) is 0 Å². The highest BCUT2D eigenvalue weighted by atomic mass is 32.1. The summed E-state index contributed by atoms with van der Waals surface area (Å²) in [6.07, 6.45) is 4.44. The van der Waals surface area contributed by atoms with E-state index in [1.165, 1.54) is 18.4 Å². The van der Waals surface area contributed by atoms with Crippen LogP contribution < -0.4 is 10.2 Å². The number of nitrogens with zero attached hydrogens (tertiary/aromatic N) is 1.